The summed E-state index contributed by atoms with van der Waals surface area (Å²) >= 11 is 0. The summed E-state index contributed by atoms with van der Waals surface area (Å²) in [7, 11) is 0. The molecule has 0 bridgehead atoms. The summed E-state index contributed by atoms with van der Waals surface area (Å²) in [6.07, 6.45) is 4.93. The van der Waals surface area contributed by atoms with Gasteiger partial charge in [0.2, 0.25) is 5.91 Å². The van der Waals surface area contributed by atoms with Crippen molar-refractivity contribution >= 4 is 5.91 Å². The normalized spacial score (nSPS) is 26.3. The number of carbonyl (C=O) groups excluding carboxylic acids is 1. The number of rotatable bonds is 3. The van der Waals surface area contributed by atoms with Crippen molar-refractivity contribution in [2.45, 2.75) is 52.1 Å². The van der Waals surface area contributed by atoms with Crippen molar-refractivity contribution in [2.24, 2.45) is 5.92 Å². The third-order valence-electron chi connectivity index (χ3n) is 4.87. The van der Waals surface area contributed by atoms with E-state index >= 15 is 0 Å². The number of aromatic nitrogens is 2. The van der Waals surface area contributed by atoms with Gasteiger partial charge in [0.25, 0.3) is 0 Å². The van der Waals surface area contributed by atoms with Crippen LogP contribution in [0.1, 0.15) is 37.1 Å². The number of nitrogens with one attached hydrogen (secondary N) is 1. The molecule has 2 atom stereocenters. The summed E-state index contributed by atoms with van der Waals surface area (Å²) in [6, 6.07) is 2.64. The van der Waals surface area contributed by atoms with Crippen molar-refractivity contribution in [1.82, 2.24) is 20.0 Å². The molecule has 2 aliphatic rings. The van der Waals surface area contributed by atoms with Gasteiger partial charge in [-0.2, -0.15) is 5.10 Å². The van der Waals surface area contributed by atoms with E-state index in [1.807, 2.05) is 29.5 Å². The van der Waals surface area contributed by atoms with Crippen LogP contribution >= 0.6 is 0 Å². The molecule has 0 saturated carbocycles. The molecule has 0 spiro atoms. The number of amides is 1. The van der Waals surface area contributed by atoms with Gasteiger partial charge in [-0.3, -0.25) is 9.48 Å². The Balaban J connectivity index is 1.60. The van der Waals surface area contributed by atoms with Gasteiger partial charge in [-0.15, -0.1) is 0 Å². The fourth-order valence-electron chi connectivity index (χ4n) is 3.74. The minimum absolute atomic E-state index is 0.212. The Morgan fingerprint density at radius 2 is 2.24 bits per heavy atom. The minimum Gasteiger partial charge on any atom is -0.341 e. The van der Waals surface area contributed by atoms with Gasteiger partial charge in [-0.1, -0.05) is 0 Å². The Morgan fingerprint density at radius 3 is 2.90 bits per heavy atom. The first kappa shape index (κ1) is 14.6. The molecular formula is C16H26N4O. The minimum atomic E-state index is 0.212. The molecule has 116 valence electrons. The lowest BCUT2D eigenvalue weighted by Crippen LogP contribution is -2.46. The SMILES string of the molecule is Cc1cc(C)n(CC(=O)N2CCCC(C3CCCN3)C2)n1. The first-order chi connectivity index (χ1) is 10.1. The summed E-state index contributed by atoms with van der Waals surface area (Å²) in [4.78, 5) is 14.6. The number of piperidine rings is 1. The zero-order valence-corrected chi connectivity index (χ0v) is 13.1. The highest BCUT2D eigenvalue weighted by atomic mass is 16.2. The van der Waals surface area contributed by atoms with Crippen LogP contribution in [-0.2, 0) is 11.3 Å². The van der Waals surface area contributed by atoms with Crippen LogP contribution in [0.3, 0.4) is 0 Å². The number of hydrogen-bond donors (Lipinski definition) is 1. The maximum atomic E-state index is 12.5. The van der Waals surface area contributed by atoms with Crippen molar-refractivity contribution in [2.75, 3.05) is 19.6 Å². The molecule has 5 nitrogen and oxygen atoms in total. The lowest BCUT2D eigenvalue weighted by molar-refractivity contribution is -0.134. The summed E-state index contributed by atoms with van der Waals surface area (Å²) in [5.41, 5.74) is 2.04. The van der Waals surface area contributed by atoms with Crippen molar-refractivity contribution < 1.29 is 4.79 Å². The molecule has 1 N–H and O–H groups in total. The lowest BCUT2D eigenvalue weighted by Gasteiger charge is -2.36. The predicted octanol–water partition coefficient (Wildman–Crippen LogP) is 1.49. The summed E-state index contributed by atoms with van der Waals surface area (Å²) in [5, 5.41) is 7.99. The standard InChI is InChI=1S/C16H26N4O/c1-12-9-13(2)20(18-12)11-16(21)19-8-4-5-14(10-19)15-6-3-7-17-15/h9,14-15,17H,3-8,10-11H2,1-2H3. The molecule has 3 rings (SSSR count). The maximum absolute atomic E-state index is 12.5. The van der Waals surface area contributed by atoms with E-state index in [0.717, 1.165) is 37.4 Å². The maximum Gasteiger partial charge on any atom is 0.244 e. The molecule has 2 unspecified atom stereocenters. The van der Waals surface area contributed by atoms with Gasteiger partial charge < -0.3 is 10.2 Å². The van der Waals surface area contributed by atoms with Gasteiger partial charge in [0.15, 0.2) is 0 Å². The summed E-state index contributed by atoms with van der Waals surface area (Å²) < 4.78 is 1.83. The van der Waals surface area contributed by atoms with Crippen LogP contribution in [0.2, 0.25) is 0 Å². The average molecular weight is 290 g/mol. The van der Waals surface area contributed by atoms with E-state index in [1.165, 1.54) is 19.3 Å². The second-order valence-electron chi connectivity index (χ2n) is 6.53. The third-order valence-corrected chi connectivity index (χ3v) is 4.87. The predicted molar refractivity (Wildman–Crippen MR) is 82.0 cm³/mol. The van der Waals surface area contributed by atoms with Gasteiger partial charge in [0, 0.05) is 24.8 Å². The Bertz CT molecular complexity index is 504. The number of nitrogens with zero attached hydrogens (tertiary/aromatic N) is 3. The Morgan fingerprint density at radius 1 is 1.38 bits per heavy atom. The largest absolute Gasteiger partial charge is 0.341 e. The molecule has 1 aromatic rings. The molecule has 0 aliphatic carbocycles. The van der Waals surface area contributed by atoms with Gasteiger partial charge in [-0.05, 0) is 58.1 Å². The first-order valence-corrected chi connectivity index (χ1v) is 8.15. The van der Waals surface area contributed by atoms with Crippen LogP contribution < -0.4 is 5.32 Å². The zero-order chi connectivity index (χ0) is 14.8. The van der Waals surface area contributed by atoms with Crippen LogP contribution in [0.5, 0.6) is 0 Å². The highest BCUT2D eigenvalue weighted by Gasteiger charge is 2.30. The second kappa shape index (κ2) is 6.18. The molecule has 2 saturated heterocycles. The molecule has 0 aromatic carbocycles. The monoisotopic (exact) mass is 290 g/mol. The smallest absolute Gasteiger partial charge is 0.244 e. The van der Waals surface area contributed by atoms with E-state index in [9.17, 15) is 4.79 Å². The molecule has 1 amide bonds. The van der Waals surface area contributed by atoms with E-state index in [-0.39, 0.29) is 5.91 Å². The van der Waals surface area contributed by atoms with Crippen LogP contribution in [0.15, 0.2) is 6.07 Å². The Kier molecular flexibility index (Phi) is 4.29. The third kappa shape index (κ3) is 3.28. The van der Waals surface area contributed by atoms with Gasteiger partial charge in [-0.25, -0.2) is 0 Å². The molecule has 2 aliphatic heterocycles. The van der Waals surface area contributed by atoms with E-state index in [0.29, 0.717) is 18.5 Å². The van der Waals surface area contributed by atoms with E-state index in [1.54, 1.807) is 0 Å². The summed E-state index contributed by atoms with van der Waals surface area (Å²) in [6.45, 7) is 7.31. The highest BCUT2D eigenvalue weighted by Crippen LogP contribution is 2.24. The fourth-order valence-corrected chi connectivity index (χ4v) is 3.74. The molecule has 5 heteroatoms. The molecule has 0 radical (unpaired) electrons. The van der Waals surface area contributed by atoms with Crippen molar-refractivity contribution in [1.29, 1.82) is 0 Å². The number of aryl methyl sites for hydroxylation is 2. The van der Waals surface area contributed by atoms with E-state index in [4.69, 9.17) is 0 Å². The highest BCUT2D eigenvalue weighted by molar-refractivity contribution is 5.76. The second-order valence-corrected chi connectivity index (χ2v) is 6.53. The van der Waals surface area contributed by atoms with E-state index < -0.39 is 0 Å². The number of carbonyl (C=O) groups is 1. The topological polar surface area (TPSA) is 50.2 Å². The van der Waals surface area contributed by atoms with Crippen molar-refractivity contribution in [3.05, 3.63) is 17.5 Å². The van der Waals surface area contributed by atoms with Crippen LogP contribution in [0, 0.1) is 19.8 Å². The molecular weight excluding hydrogens is 264 g/mol. The summed E-state index contributed by atoms with van der Waals surface area (Å²) in [5.74, 6) is 0.842. The first-order valence-electron chi connectivity index (χ1n) is 8.15. The fraction of sp³-hybridized carbons (Fsp3) is 0.750. The van der Waals surface area contributed by atoms with Crippen LogP contribution in [0.4, 0.5) is 0 Å². The number of likely N-dealkylation sites (tertiary alicyclic amines) is 1. The van der Waals surface area contributed by atoms with Gasteiger partial charge >= 0.3 is 0 Å². The van der Waals surface area contributed by atoms with Crippen LogP contribution in [0.25, 0.3) is 0 Å². The quantitative estimate of drug-likeness (QED) is 0.917. The lowest BCUT2D eigenvalue weighted by atomic mass is 9.90. The van der Waals surface area contributed by atoms with Crippen molar-refractivity contribution in [3.63, 3.8) is 0 Å². The van der Waals surface area contributed by atoms with Gasteiger partial charge in [0.1, 0.15) is 6.54 Å². The number of hydrogen-bond acceptors (Lipinski definition) is 3. The van der Waals surface area contributed by atoms with Crippen molar-refractivity contribution in [3.8, 4) is 0 Å². The molecule has 2 fully saturated rings. The average Bonchev–Trinajstić information content (AvgIpc) is 3.09. The van der Waals surface area contributed by atoms with Crippen LogP contribution in [-0.4, -0.2) is 46.3 Å². The zero-order valence-electron chi connectivity index (χ0n) is 13.1. The molecule has 21 heavy (non-hydrogen) atoms. The molecule has 1 aromatic heterocycles. The Hall–Kier alpha value is -1.36. The van der Waals surface area contributed by atoms with Gasteiger partial charge in [0.05, 0.1) is 5.69 Å². The molecule has 3 heterocycles. The van der Waals surface area contributed by atoms with E-state index in [2.05, 4.69) is 10.4 Å². The Labute approximate surface area is 126 Å².